The minimum atomic E-state index is -0.0280. The first-order chi connectivity index (χ1) is 8.72. The van der Waals surface area contributed by atoms with Crippen molar-refractivity contribution in [3.8, 4) is 0 Å². The second-order valence-electron chi connectivity index (χ2n) is 4.35. The van der Waals surface area contributed by atoms with Gasteiger partial charge in [-0.15, -0.1) is 0 Å². The number of nitrogen functional groups attached to an aromatic ring is 1. The topological polar surface area (TPSA) is 77.0 Å². The highest BCUT2D eigenvalue weighted by atomic mass is 15.2. The molecular formula is C14H18N4. The van der Waals surface area contributed by atoms with Gasteiger partial charge in [-0.05, 0) is 30.5 Å². The van der Waals surface area contributed by atoms with Crippen molar-refractivity contribution in [1.29, 1.82) is 0 Å². The fraction of sp³-hybridized carbons (Fsp3) is 0.214. The summed E-state index contributed by atoms with van der Waals surface area (Å²) in [6.07, 6.45) is 4.23. The Morgan fingerprint density at radius 3 is 2.72 bits per heavy atom. The molecule has 0 saturated carbocycles. The number of hydrogen-bond acceptors (Lipinski definition) is 4. The fourth-order valence-electron chi connectivity index (χ4n) is 2.03. The number of benzene rings is 1. The van der Waals surface area contributed by atoms with Crippen molar-refractivity contribution in [2.45, 2.75) is 19.4 Å². The maximum atomic E-state index is 5.95. The molecule has 0 aliphatic rings. The molecule has 0 radical (unpaired) electrons. The summed E-state index contributed by atoms with van der Waals surface area (Å²) < 4.78 is 0. The van der Waals surface area contributed by atoms with Gasteiger partial charge in [0.15, 0.2) is 0 Å². The lowest BCUT2D eigenvalue weighted by Gasteiger charge is -2.18. The van der Waals surface area contributed by atoms with Crippen LogP contribution in [-0.4, -0.2) is 4.98 Å². The summed E-state index contributed by atoms with van der Waals surface area (Å²) in [5, 5.41) is 0. The summed E-state index contributed by atoms with van der Waals surface area (Å²) in [6.45, 7) is 2.09. The van der Waals surface area contributed by atoms with Crippen LogP contribution < -0.4 is 17.0 Å². The van der Waals surface area contributed by atoms with Crippen LogP contribution in [-0.2, 0) is 6.42 Å². The number of nitrogens with one attached hydrogen (secondary N) is 1. The van der Waals surface area contributed by atoms with E-state index < -0.39 is 0 Å². The summed E-state index contributed by atoms with van der Waals surface area (Å²) in [7, 11) is 0. The van der Waals surface area contributed by atoms with Gasteiger partial charge in [0.2, 0.25) is 0 Å². The molecule has 0 bridgehead atoms. The highest BCUT2D eigenvalue weighted by Gasteiger charge is 2.14. The molecule has 1 heterocycles. The SMILES string of the molecule is Cc1ccccc1CC(NN)c1cnccc1N. The van der Waals surface area contributed by atoms with Gasteiger partial charge < -0.3 is 5.73 Å². The smallest absolute Gasteiger partial charge is 0.0536 e. The van der Waals surface area contributed by atoms with E-state index in [-0.39, 0.29) is 6.04 Å². The van der Waals surface area contributed by atoms with E-state index in [0.29, 0.717) is 5.69 Å². The average Bonchev–Trinajstić information content (AvgIpc) is 2.39. The highest BCUT2D eigenvalue weighted by molar-refractivity contribution is 5.47. The highest BCUT2D eigenvalue weighted by Crippen LogP contribution is 2.23. The maximum absolute atomic E-state index is 5.95. The van der Waals surface area contributed by atoms with Gasteiger partial charge in [-0.3, -0.25) is 16.3 Å². The molecule has 1 unspecified atom stereocenters. The molecule has 4 heteroatoms. The van der Waals surface area contributed by atoms with Crippen molar-refractivity contribution >= 4 is 5.69 Å². The van der Waals surface area contributed by atoms with Gasteiger partial charge in [-0.2, -0.15) is 0 Å². The molecule has 0 fully saturated rings. The van der Waals surface area contributed by atoms with E-state index in [2.05, 4.69) is 29.5 Å². The fourth-order valence-corrected chi connectivity index (χ4v) is 2.03. The van der Waals surface area contributed by atoms with Crippen molar-refractivity contribution < 1.29 is 0 Å². The van der Waals surface area contributed by atoms with Crippen LogP contribution >= 0.6 is 0 Å². The Labute approximate surface area is 107 Å². The van der Waals surface area contributed by atoms with Crippen LogP contribution in [0.25, 0.3) is 0 Å². The summed E-state index contributed by atoms with van der Waals surface area (Å²) in [5.41, 5.74) is 12.9. The van der Waals surface area contributed by atoms with Gasteiger partial charge in [0, 0.05) is 23.6 Å². The molecule has 0 amide bonds. The molecule has 5 N–H and O–H groups in total. The first-order valence-electron chi connectivity index (χ1n) is 5.92. The third-order valence-corrected chi connectivity index (χ3v) is 3.15. The van der Waals surface area contributed by atoms with Crippen LogP contribution in [0.5, 0.6) is 0 Å². The zero-order chi connectivity index (χ0) is 13.0. The molecule has 2 aromatic rings. The minimum absolute atomic E-state index is 0.0280. The number of aromatic nitrogens is 1. The standard InChI is InChI=1S/C14H18N4/c1-10-4-2-3-5-11(10)8-14(18-16)12-9-17-7-6-13(12)15/h2-7,9,14,18H,8,16H2,1H3,(H2,15,17). The van der Waals surface area contributed by atoms with Gasteiger partial charge in [-0.1, -0.05) is 24.3 Å². The molecular weight excluding hydrogens is 224 g/mol. The van der Waals surface area contributed by atoms with Crippen LogP contribution in [0, 0.1) is 6.92 Å². The van der Waals surface area contributed by atoms with E-state index >= 15 is 0 Å². The van der Waals surface area contributed by atoms with Gasteiger partial charge in [0.25, 0.3) is 0 Å². The Morgan fingerprint density at radius 2 is 2.06 bits per heavy atom. The second-order valence-corrected chi connectivity index (χ2v) is 4.35. The average molecular weight is 242 g/mol. The number of anilines is 1. The van der Waals surface area contributed by atoms with Gasteiger partial charge in [0.05, 0.1) is 6.04 Å². The van der Waals surface area contributed by atoms with Gasteiger partial charge in [0.1, 0.15) is 0 Å². The monoisotopic (exact) mass is 242 g/mol. The molecule has 1 aromatic carbocycles. The molecule has 0 spiro atoms. The first-order valence-corrected chi connectivity index (χ1v) is 5.92. The third kappa shape index (κ3) is 2.67. The molecule has 2 rings (SSSR count). The Hall–Kier alpha value is -1.91. The molecule has 0 aliphatic carbocycles. The molecule has 18 heavy (non-hydrogen) atoms. The number of nitrogens with zero attached hydrogens (tertiary/aromatic N) is 1. The van der Waals surface area contributed by atoms with Crippen LogP contribution in [0.1, 0.15) is 22.7 Å². The van der Waals surface area contributed by atoms with Crippen molar-refractivity contribution in [3.05, 3.63) is 59.4 Å². The molecule has 4 nitrogen and oxygen atoms in total. The maximum Gasteiger partial charge on any atom is 0.0536 e. The predicted molar refractivity (Wildman–Crippen MR) is 73.6 cm³/mol. The number of hydrazine groups is 1. The third-order valence-electron chi connectivity index (χ3n) is 3.15. The van der Waals surface area contributed by atoms with Crippen LogP contribution in [0.15, 0.2) is 42.7 Å². The lowest BCUT2D eigenvalue weighted by Crippen LogP contribution is -2.30. The molecule has 1 atom stereocenters. The van der Waals surface area contributed by atoms with E-state index in [1.807, 2.05) is 12.1 Å². The lowest BCUT2D eigenvalue weighted by molar-refractivity contribution is 0.551. The van der Waals surface area contributed by atoms with Crippen molar-refractivity contribution in [1.82, 2.24) is 10.4 Å². The van der Waals surface area contributed by atoms with Crippen LogP contribution in [0.3, 0.4) is 0 Å². The largest absolute Gasteiger partial charge is 0.398 e. The number of aryl methyl sites for hydroxylation is 1. The first kappa shape index (κ1) is 12.5. The van der Waals surface area contributed by atoms with E-state index in [9.17, 15) is 0 Å². The van der Waals surface area contributed by atoms with E-state index in [1.165, 1.54) is 11.1 Å². The van der Waals surface area contributed by atoms with Crippen LogP contribution in [0.2, 0.25) is 0 Å². The zero-order valence-corrected chi connectivity index (χ0v) is 10.4. The quantitative estimate of drug-likeness (QED) is 0.563. The molecule has 1 aromatic heterocycles. The van der Waals surface area contributed by atoms with Gasteiger partial charge in [-0.25, -0.2) is 0 Å². The Bertz CT molecular complexity index is 525. The van der Waals surface area contributed by atoms with Crippen molar-refractivity contribution in [2.24, 2.45) is 5.84 Å². The number of pyridine rings is 1. The summed E-state index contributed by atoms with van der Waals surface area (Å²) >= 11 is 0. The Balaban J connectivity index is 2.26. The number of hydrogen-bond donors (Lipinski definition) is 3. The predicted octanol–water partition coefficient (Wildman–Crippen LogP) is 1.72. The molecule has 0 aliphatic heterocycles. The Morgan fingerprint density at radius 1 is 1.28 bits per heavy atom. The van der Waals surface area contributed by atoms with Gasteiger partial charge >= 0.3 is 0 Å². The summed E-state index contributed by atoms with van der Waals surface area (Å²) in [4.78, 5) is 4.10. The molecule has 0 saturated heterocycles. The second kappa shape index (κ2) is 5.62. The summed E-state index contributed by atoms with van der Waals surface area (Å²) in [5.74, 6) is 5.64. The van der Waals surface area contributed by atoms with E-state index in [0.717, 1.165) is 12.0 Å². The molecule has 94 valence electrons. The van der Waals surface area contributed by atoms with E-state index in [1.54, 1.807) is 18.5 Å². The lowest BCUT2D eigenvalue weighted by atomic mass is 9.97. The minimum Gasteiger partial charge on any atom is -0.398 e. The van der Waals surface area contributed by atoms with Crippen molar-refractivity contribution in [3.63, 3.8) is 0 Å². The number of rotatable bonds is 4. The normalized spacial score (nSPS) is 12.3. The van der Waals surface area contributed by atoms with E-state index in [4.69, 9.17) is 11.6 Å². The Kier molecular flexibility index (Phi) is 3.92. The summed E-state index contributed by atoms with van der Waals surface area (Å²) in [6, 6.07) is 10.0. The van der Waals surface area contributed by atoms with Crippen molar-refractivity contribution in [2.75, 3.05) is 5.73 Å². The zero-order valence-electron chi connectivity index (χ0n) is 10.4. The van der Waals surface area contributed by atoms with Crippen LogP contribution in [0.4, 0.5) is 5.69 Å². The number of nitrogens with two attached hydrogens (primary N) is 2.